The van der Waals surface area contributed by atoms with Gasteiger partial charge < -0.3 is 14.9 Å². The van der Waals surface area contributed by atoms with E-state index in [0.29, 0.717) is 42.6 Å². The van der Waals surface area contributed by atoms with Crippen LogP contribution in [0.15, 0.2) is 81.8 Å². The van der Waals surface area contributed by atoms with E-state index < -0.39 is 38.1 Å². The molecule has 0 spiro atoms. The van der Waals surface area contributed by atoms with Gasteiger partial charge in [-0.25, -0.2) is 8.42 Å². The molecule has 0 aliphatic rings. The molecular weight excluding hydrogens is 728 g/mol. The largest absolute Gasteiger partial charge is 0.465 e. The number of esters is 1. The normalized spacial score (nSPS) is 16.4. The molecule has 0 amide bonds. The average Bonchev–Trinajstić information content (AvgIpc) is 3.02. The first-order chi connectivity index (χ1) is 21.2. The number of ether oxygens (including phenoxy) is 1. The van der Waals surface area contributed by atoms with Gasteiger partial charge in [0.15, 0.2) is 9.84 Å². The van der Waals surface area contributed by atoms with Crippen molar-refractivity contribution in [1.82, 2.24) is 0 Å². The van der Waals surface area contributed by atoms with Crippen molar-refractivity contribution in [2.24, 2.45) is 0 Å². The van der Waals surface area contributed by atoms with Crippen LogP contribution in [0.3, 0.4) is 0 Å². The lowest BCUT2D eigenvalue weighted by Gasteiger charge is -2.17. The Kier molecular flexibility index (Phi) is 22.1. The van der Waals surface area contributed by atoms with Crippen LogP contribution in [0.5, 0.6) is 0 Å². The highest BCUT2D eigenvalue weighted by atomic mass is 79.9. The summed E-state index contributed by atoms with van der Waals surface area (Å²) < 4.78 is 32.2. The fraction of sp³-hybridized carbons (Fsp3) is 0.529. The van der Waals surface area contributed by atoms with Gasteiger partial charge in [0.1, 0.15) is 4.83 Å². The predicted octanol–water partition coefficient (Wildman–Crippen LogP) is 7.20. The molecule has 1 rings (SSSR count). The highest BCUT2D eigenvalue weighted by Gasteiger charge is 2.27. The number of benzene rings is 1. The van der Waals surface area contributed by atoms with Crippen molar-refractivity contribution in [3.8, 4) is 0 Å². The quantitative estimate of drug-likeness (QED) is 0.0909. The summed E-state index contributed by atoms with van der Waals surface area (Å²) in [5.41, 5.74) is 3.59. The Morgan fingerprint density at radius 1 is 0.889 bits per heavy atom. The first-order valence-corrected chi connectivity index (χ1v) is 18.3. The van der Waals surface area contributed by atoms with Crippen LogP contribution in [0.4, 0.5) is 0 Å². The molecule has 11 heteroatoms. The molecule has 0 radical (unpaired) electrons. The van der Waals surface area contributed by atoms with Gasteiger partial charge in [-0.1, -0.05) is 92.4 Å². The van der Waals surface area contributed by atoms with Crippen LogP contribution < -0.4 is 0 Å². The molecule has 1 aromatic carbocycles. The van der Waals surface area contributed by atoms with Crippen molar-refractivity contribution >= 4 is 53.8 Å². The number of hydrogen-bond donors (Lipinski definition) is 2. The van der Waals surface area contributed by atoms with Crippen LogP contribution in [0.25, 0.3) is 0 Å². The molecule has 0 aromatic heterocycles. The molecular formula is C34H48Br2O8S. The standard InChI is InChI=1S/C33H48Br2O6S.CO2/c1-7-29(34)31(36)25(5)16-13-15-24(4)22-28(42(39,40)27-18-10-9-11-19-27)21-20-23(3)14-12-17-26(6)32(37)30(35)33(38)41-8-2;2-1-3/h9-11,16-20,22,28-32,36-37H,7-8,12-15,21H2,1-6H3;/b23-20+,24-22+,25-16+,26-17+;. The monoisotopic (exact) mass is 774 g/mol. The van der Waals surface area contributed by atoms with Crippen LogP contribution in [0, 0.1) is 0 Å². The number of aliphatic hydroxyl groups is 2. The molecule has 0 heterocycles. The second kappa shape index (κ2) is 23.2. The number of rotatable bonds is 18. The van der Waals surface area contributed by atoms with Crippen molar-refractivity contribution in [3.05, 3.63) is 76.9 Å². The Hall–Kier alpha value is -2.14. The summed E-state index contributed by atoms with van der Waals surface area (Å²) in [6.07, 6.45) is 10.4. The number of carbonyl (C=O) groups is 1. The van der Waals surface area contributed by atoms with Gasteiger partial charge in [-0.05, 0) is 96.4 Å². The van der Waals surface area contributed by atoms with Gasteiger partial charge in [0.25, 0.3) is 0 Å². The van der Waals surface area contributed by atoms with E-state index in [1.165, 1.54) is 0 Å². The summed E-state index contributed by atoms with van der Waals surface area (Å²) in [4.78, 5) is 27.6. The third-order valence-corrected chi connectivity index (χ3v) is 11.2. The van der Waals surface area contributed by atoms with Gasteiger partial charge in [0.05, 0.1) is 29.0 Å². The third kappa shape index (κ3) is 16.3. The lowest BCUT2D eigenvalue weighted by Crippen LogP contribution is -2.31. The smallest absolute Gasteiger partial charge is 0.373 e. The van der Waals surface area contributed by atoms with Crippen LogP contribution >= 0.6 is 31.9 Å². The zero-order valence-electron chi connectivity index (χ0n) is 27.0. The number of carbonyl (C=O) groups excluding carboxylic acids is 3. The zero-order chi connectivity index (χ0) is 34.6. The van der Waals surface area contributed by atoms with Gasteiger partial charge in [0, 0.05) is 4.83 Å². The molecule has 5 atom stereocenters. The maximum Gasteiger partial charge on any atom is 0.373 e. The van der Waals surface area contributed by atoms with Gasteiger partial charge in [-0.15, -0.1) is 0 Å². The van der Waals surface area contributed by atoms with Crippen LogP contribution in [-0.2, 0) is 29.0 Å². The molecule has 5 unspecified atom stereocenters. The van der Waals surface area contributed by atoms with E-state index in [2.05, 4.69) is 31.9 Å². The fourth-order valence-corrected chi connectivity index (χ4v) is 6.89. The first kappa shape index (κ1) is 42.9. The average molecular weight is 777 g/mol. The molecule has 8 nitrogen and oxygen atoms in total. The summed E-state index contributed by atoms with van der Waals surface area (Å²) in [7, 11) is -3.61. The van der Waals surface area contributed by atoms with E-state index in [1.54, 1.807) is 44.2 Å². The highest BCUT2D eigenvalue weighted by molar-refractivity contribution is 9.10. The van der Waals surface area contributed by atoms with Gasteiger partial charge in [-0.2, -0.15) is 9.59 Å². The van der Waals surface area contributed by atoms with E-state index >= 15 is 0 Å². The molecule has 0 aliphatic carbocycles. The van der Waals surface area contributed by atoms with Crippen molar-refractivity contribution < 1.29 is 37.8 Å². The van der Waals surface area contributed by atoms with Crippen molar-refractivity contribution in [2.45, 2.75) is 112 Å². The molecule has 45 heavy (non-hydrogen) atoms. The summed E-state index contributed by atoms with van der Waals surface area (Å²) in [6, 6.07) is 8.53. The van der Waals surface area contributed by atoms with Crippen LogP contribution in [-0.4, -0.2) is 64.5 Å². The van der Waals surface area contributed by atoms with E-state index in [1.807, 2.05) is 52.0 Å². The number of halogens is 2. The van der Waals surface area contributed by atoms with Crippen molar-refractivity contribution in [1.29, 1.82) is 0 Å². The molecule has 2 N–H and O–H groups in total. The Morgan fingerprint density at radius 3 is 1.91 bits per heavy atom. The van der Waals surface area contributed by atoms with Gasteiger partial charge in [-0.3, -0.25) is 4.79 Å². The lowest BCUT2D eigenvalue weighted by atomic mass is 10.0. The molecule has 1 aromatic rings. The van der Waals surface area contributed by atoms with Crippen molar-refractivity contribution in [2.75, 3.05) is 6.61 Å². The SMILES string of the molecule is CCOC(=O)C(Br)C(O)/C(C)=C/CC/C(C)=C/CC(/C=C(\C)CC/C=C(\C)C(O)C(Br)CC)S(=O)(=O)c1ccccc1.O=C=O. The molecule has 0 bridgehead atoms. The number of alkyl halides is 2. The van der Waals surface area contributed by atoms with Crippen LogP contribution in [0.1, 0.15) is 80.1 Å². The topological polar surface area (TPSA) is 135 Å². The summed E-state index contributed by atoms with van der Waals surface area (Å²) in [5, 5.41) is 20.1. The highest BCUT2D eigenvalue weighted by Crippen LogP contribution is 2.24. The summed E-state index contributed by atoms with van der Waals surface area (Å²) >= 11 is 6.72. The maximum absolute atomic E-state index is 13.6. The molecule has 0 saturated heterocycles. The maximum atomic E-state index is 13.6. The van der Waals surface area contributed by atoms with E-state index in [4.69, 9.17) is 14.3 Å². The lowest BCUT2D eigenvalue weighted by molar-refractivity contribution is -0.191. The fourth-order valence-electron chi connectivity index (χ4n) is 4.28. The predicted molar refractivity (Wildman–Crippen MR) is 185 cm³/mol. The van der Waals surface area contributed by atoms with Gasteiger partial charge >= 0.3 is 12.1 Å². The van der Waals surface area contributed by atoms with Crippen LogP contribution in [0.2, 0.25) is 0 Å². The first-order valence-electron chi connectivity index (χ1n) is 14.9. The minimum atomic E-state index is -3.61. The second-order valence-corrected chi connectivity index (χ2v) is 15.0. The zero-order valence-corrected chi connectivity index (χ0v) is 31.0. The molecule has 0 saturated carbocycles. The Balaban J connectivity index is 0.00000618. The van der Waals surface area contributed by atoms with Gasteiger partial charge in [0.2, 0.25) is 0 Å². The van der Waals surface area contributed by atoms with E-state index in [-0.39, 0.29) is 17.6 Å². The number of allylic oxidation sites excluding steroid dienone is 5. The second-order valence-electron chi connectivity index (χ2n) is 10.7. The Labute approximate surface area is 285 Å². The van der Waals surface area contributed by atoms with E-state index in [9.17, 15) is 23.4 Å². The Bertz CT molecular complexity index is 1300. The summed E-state index contributed by atoms with van der Waals surface area (Å²) in [6.45, 7) is 11.6. The van der Waals surface area contributed by atoms with E-state index in [0.717, 1.165) is 23.1 Å². The third-order valence-electron chi connectivity index (χ3n) is 7.10. The van der Waals surface area contributed by atoms with Crippen molar-refractivity contribution in [3.63, 3.8) is 0 Å². The number of hydrogen-bond acceptors (Lipinski definition) is 8. The Morgan fingerprint density at radius 2 is 1.40 bits per heavy atom. The minimum absolute atomic E-state index is 0.0104. The molecule has 0 fully saturated rings. The molecule has 0 aliphatic heterocycles. The summed E-state index contributed by atoms with van der Waals surface area (Å²) in [5.74, 6) is -0.504. The number of sulfone groups is 1. The number of aliphatic hydroxyl groups excluding tert-OH is 2. The minimum Gasteiger partial charge on any atom is -0.465 e. The molecule has 252 valence electrons.